The third-order valence-corrected chi connectivity index (χ3v) is 5.68. The van der Waals surface area contributed by atoms with Crippen LogP contribution in [-0.4, -0.2) is 52.1 Å². The van der Waals surface area contributed by atoms with Crippen LogP contribution in [0.5, 0.6) is 5.75 Å². The van der Waals surface area contributed by atoms with Gasteiger partial charge in [-0.3, -0.25) is 14.5 Å². The number of para-hydroxylation sites is 1. The van der Waals surface area contributed by atoms with Crippen LogP contribution in [-0.2, 0) is 19.1 Å². The second-order valence-electron chi connectivity index (χ2n) is 7.89. The summed E-state index contributed by atoms with van der Waals surface area (Å²) in [6.07, 6.45) is 2.76. The smallest absolute Gasteiger partial charge is 0.355 e. The van der Waals surface area contributed by atoms with Gasteiger partial charge < -0.3 is 14.8 Å². The molecule has 0 bridgehead atoms. The molecule has 1 aromatic carbocycles. The fourth-order valence-electron chi connectivity index (χ4n) is 3.11. The largest absolute Gasteiger partial charge is 0.484 e. The molecule has 1 N–H and O–H groups in total. The van der Waals surface area contributed by atoms with Crippen LogP contribution in [0.25, 0.3) is 0 Å². The highest BCUT2D eigenvalue weighted by molar-refractivity contribution is 8.00. The van der Waals surface area contributed by atoms with E-state index in [0.29, 0.717) is 17.1 Å². The summed E-state index contributed by atoms with van der Waals surface area (Å²) in [5, 5.41) is 11.1. The molecule has 2 aliphatic heterocycles. The lowest BCUT2D eigenvalue weighted by Crippen LogP contribution is -2.71. The van der Waals surface area contributed by atoms with Crippen LogP contribution in [0.1, 0.15) is 20.8 Å². The summed E-state index contributed by atoms with van der Waals surface area (Å²) in [5.74, 6) is -0.528. The molecule has 2 amide bonds. The molecule has 0 aliphatic carbocycles. The second kappa shape index (κ2) is 9.27. The number of amides is 2. The fourth-order valence-corrected chi connectivity index (χ4v) is 4.42. The van der Waals surface area contributed by atoms with E-state index >= 15 is 0 Å². The van der Waals surface area contributed by atoms with Crippen molar-refractivity contribution < 1.29 is 23.9 Å². The average Bonchev–Trinajstić information content (AvgIpc) is 2.73. The molecule has 31 heavy (non-hydrogen) atoms. The SMILES string of the molecule is CC(C)(C)OC(=O)C1=C(C=CC#N)CS[C@H]2C(NC(=O)COc3ccccc3)C(=O)N12. The minimum Gasteiger partial charge on any atom is -0.484 e. The zero-order valence-corrected chi connectivity index (χ0v) is 18.3. The van der Waals surface area contributed by atoms with Crippen LogP contribution in [0.3, 0.4) is 0 Å². The van der Waals surface area contributed by atoms with Gasteiger partial charge in [-0.1, -0.05) is 18.2 Å². The van der Waals surface area contributed by atoms with E-state index in [4.69, 9.17) is 14.7 Å². The number of hydrogen-bond donors (Lipinski definition) is 1. The first-order valence-corrected chi connectivity index (χ1v) is 10.7. The molecule has 3 rings (SSSR count). The Balaban J connectivity index is 1.71. The van der Waals surface area contributed by atoms with Crippen molar-refractivity contribution in [2.45, 2.75) is 37.8 Å². The molecule has 0 radical (unpaired) electrons. The van der Waals surface area contributed by atoms with Gasteiger partial charge in [-0.25, -0.2) is 4.79 Å². The van der Waals surface area contributed by atoms with E-state index in [-0.39, 0.29) is 12.3 Å². The number of carbonyl (C=O) groups is 3. The molecule has 162 valence electrons. The summed E-state index contributed by atoms with van der Waals surface area (Å²) in [6.45, 7) is 4.98. The van der Waals surface area contributed by atoms with E-state index in [1.165, 1.54) is 28.8 Å². The molecule has 2 atom stereocenters. The van der Waals surface area contributed by atoms with Crippen molar-refractivity contribution in [3.63, 3.8) is 0 Å². The Hall–Kier alpha value is -3.25. The zero-order valence-electron chi connectivity index (χ0n) is 17.5. The minimum absolute atomic E-state index is 0.112. The topological polar surface area (TPSA) is 109 Å². The molecule has 1 fully saturated rings. The van der Waals surface area contributed by atoms with E-state index in [9.17, 15) is 14.4 Å². The summed E-state index contributed by atoms with van der Waals surface area (Å²) >= 11 is 1.40. The summed E-state index contributed by atoms with van der Waals surface area (Å²) in [4.78, 5) is 39.3. The summed E-state index contributed by atoms with van der Waals surface area (Å²) < 4.78 is 10.9. The maximum atomic E-state index is 12.8. The Morgan fingerprint density at radius 3 is 2.68 bits per heavy atom. The fraction of sp³-hybridized carbons (Fsp3) is 0.364. The lowest BCUT2D eigenvalue weighted by Gasteiger charge is -2.49. The van der Waals surface area contributed by atoms with Gasteiger partial charge in [0.2, 0.25) is 0 Å². The molecule has 0 aromatic heterocycles. The molecule has 1 aromatic rings. The normalized spacial score (nSPS) is 20.6. The maximum absolute atomic E-state index is 12.8. The third kappa shape index (κ3) is 5.27. The van der Waals surface area contributed by atoms with Crippen molar-refractivity contribution in [1.29, 1.82) is 5.26 Å². The number of ether oxygens (including phenoxy) is 2. The quantitative estimate of drug-likeness (QED) is 0.409. The molecule has 8 nitrogen and oxygen atoms in total. The molecular weight excluding hydrogens is 418 g/mol. The molecule has 2 aliphatic rings. The van der Waals surface area contributed by atoms with Gasteiger partial charge in [0.25, 0.3) is 11.8 Å². The number of benzene rings is 1. The highest BCUT2D eigenvalue weighted by Gasteiger charge is 2.54. The van der Waals surface area contributed by atoms with Gasteiger partial charge in [0, 0.05) is 11.8 Å². The van der Waals surface area contributed by atoms with Crippen molar-refractivity contribution in [2.75, 3.05) is 12.4 Å². The van der Waals surface area contributed by atoms with E-state index in [1.807, 2.05) is 12.1 Å². The van der Waals surface area contributed by atoms with E-state index < -0.39 is 34.8 Å². The second-order valence-corrected chi connectivity index (χ2v) is 9.00. The Labute approximate surface area is 184 Å². The van der Waals surface area contributed by atoms with Crippen molar-refractivity contribution in [3.05, 3.63) is 53.8 Å². The van der Waals surface area contributed by atoms with Crippen LogP contribution in [0, 0.1) is 11.3 Å². The van der Waals surface area contributed by atoms with Gasteiger partial charge in [0.15, 0.2) is 6.61 Å². The maximum Gasteiger partial charge on any atom is 0.355 e. The Bertz CT molecular complexity index is 975. The summed E-state index contributed by atoms with van der Waals surface area (Å²) in [6, 6.07) is 10.0. The lowest BCUT2D eigenvalue weighted by atomic mass is 10.0. The molecule has 2 heterocycles. The van der Waals surface area contributed by atoms with E-state index in [0.717, 1.165) is 0 Å². The lowest BCUT2D eigenvalue weighted by molar-refractivity contribution is -0.159. The molecular formula is C22H23N3O5S. The van der Waals surface area contributed by atoms with Gasteiger partial charge in [-0.2, -0.15) is 5.26 Å². The van der Waals surface area contributed by atoms with Crippen molar-refractivity contribution in [2.24, 2.45) is 0 Å². The van der Waals surface area contributed by atoms with Crippen molar-refractivity contribution in [1.82, 2.24) is 10.2 Å². The van der Waals surface area contributed by atoms with E-state index in [2.05, 4.69) is 5.32 Å². The number of carbonyl (C=O) groups excluding carboxylic acids is 3. The van der Waals surface area contributed by atoms with Crippen LogP contribution in [0.4, 0.5) is 0 Å². The number of β-lactam (4-membered cyclic amide) rings is 1. The van der Waals surface area contributed by atoms with Gasteiger partial charge in [0.05, 0.1) is 6.07 Å². The Morgan fingerprint density at radius 2 is 2.03 bits per heavy atom. The standard InChI is InChI=1S/C22H23N3O5S/c1-22(2,3)30-21(28)18-14(8-7-11-23)13-31-20-17(19(27)25(18)20)24-16(26)12-29-15-9-5-4-6-10-15/h4-10,17,20H,12-13H2,1-3H3,(H,24,26)/t17?,20-/m0/s1. The highest BCUT2D eigenvalue weighted by atomic mass is 32.2. The van der Waals surface area contributed by atoms with Crippen LogP contribution >= 0.6 is 11.8 Å². The number of rotatable bonds is 6. The number of nitriles is 1. The highest BCUT2D eigenvalue weighted by Crippen LogP contribution is 2.41. The monoisotopic (exact) mass is 441 g/mol. The average molecular weight is 442 g/mol. The van der Waals surface area contributed by atoms with Crippen molar-refractivity contribution >= 4 is 29.5 Å². The summed E-state index contributed by atoms with van der Waals surface area (Å²) in [7, 11) is 0. The van der Waals surface area contributed by atoms with Gasteiger partial charge >= 0.3 is 5.97 Å². The predicted octanol–water partition coefficient (Wildman–Crippen LogP) is 2.14. The number of esters is 1. The van der Waals surface area contributed by atoms with Crippen LogP contribution in [0.15, 0.2) is 53.8 Å². The number of allylic oxidation sites excluding steroid dienone is 2. The summed E-state index contributed by atoms with van der Waals surface area (Å²) in [5.41, 5.74) is -0.103. The number of hydrogen-bond acceptors (Lipinski definition) is 7. The first kappa shape index (κ1) is 22.4. The number of nitrogens with zero attached hydrogens (tertiary/aromatic N) is 2. The van der Waals surface area contributed by atoms with Crippen LogP contribution < -0.4 is 10.1 Å². The molecule has 1 unspecified atom stereocenters. The molecule has 9 heteroatoms. The van der Waals surface area contributed by atoms with E-state index in [1.54, 1.807) is 45.0 Å². The number of thioether (sulfide) groups is 1. The number of nitrogens with one attached hydrogen (secondary N) is 1. The minimum atomic E-state index is -0.768. The van der Waals surface area contributed by atoms with Gasteiger partial charge in [0.1, 0.15) is 28.5 Å². The molecule has 0 saturated carbocycles. The zero-order chi connectivity index (χ0) is 22.6. The predicted molar refractivity (Wildman–Crippen MR) is 115 cm³/mol. The molecule has 0 spiro atoms. The van der Waals surface area contributed by atoms with Gasteiger partial charge in [-0.15, -0.1) is 11.8 Å². The van der Waals surface area contributed by atoms with Gasteiger partial charge in [-0.05, 0) is 44.6 Å². The third-order valence-electron chi connectivity index (χ3n) is 4.38. The Morgan fingerprint density at radius 1 is 1.32 bits per heavy atom. The Kier molecular flexibility index (Phi) is 6.71. The number of fused-ring (bicyclic) bond motifs is 1. The van der Waals surface area contributed by atoms with Crippen molar-refractivity contribution in [3.8, 4) is 11.8 Å². The first-order chi connectivity index (χ1) is 14.7. The molecule has 1 saturated heterocycles. The van der Waals surface area contributed by atoms with Crippen LogP contribution in [0.2, 0.25) is 0 Å². The first-order valence-electron chi connectivity index (χ1n) is 9.66.